The SMILES string of the molecule is Cc1cc(C)cc(N=C2SC(CC(=O)Nc3ccccc3F)C(=O)N2C2CC2)c1. The Bertz CT molecular complexity index is 983. The average Bonchev–Trinajstić information content (AvgIpc) is 3.42. The molecule has 2 aromatic rings. The summed E-state index contributed by atoms with van der Waals surface area (Å²) in [5.74, 6) is -0.975. The number of carbonyl (C=O) groups excluding carboxylic acids is 2. The van der Waals surface area contributed by atoms with Crippen LogP contribution in [0, 0.1) is 19.7 Å². The zero-order valence-electron chi connectivity index (χ0n) is 16.3. The Morgan fingerprint density at radius 1 is 1.21 bits per heavy atom. The van der Waals surface area contributed by atoms with Crippen molar-refractivity contribution >= 4 is 40.1 Å². The van der Waals surface area contributed by atoms with Gasteiger partial charge in [-0.15, -0.1) is 0 Å². The predicted octanol–water partition coefficient (Wildman–Crippen LogP) is 4.57. The Morgan fingerprint density at radius 2 is 1.90 bits per heavy atom. The number of nitrogens with one attached hydrogen (secondary N) is 1. The number of benzene rings is 2. The number of aryl methyl sites for hydroxylation is 2. The fourth-order valence-electron chi connectivity index (χ4n) is 3.42. The van der Waals surface area contributed by atoms with E-state index in [9.17, 15) is 14.0 Å². The number of halogens is 1. The van der Waals surface area contributed by atoms with Crippen LogP contribution in [0.25, 0.3) is 0 Å². The molecule has 1 aliphatic carbocycles. The summed E-state index contributed by atoms with van der Waals surface area (Å²) in [6.07, 6.45) is 1.88. The highest BCUT2D eigenvalue weighted by Crippen LogP contribution is 2.39. The molecule has 1 N–H and O–H groups in total. The zero-order valence-corrected chi connectivity index (χ0v) is 17.1. The summed E-state index contributed by atoms with van der Waals surface area (Å²) in [4.78, 5) is 31.8. The first-order chi connectivity index (χ1) is 13.9. The summed E-state index contributed by atoms with van der Waals surface area (Å²) in [7, 11) is 0. The van der Waals surface area contributed by atoms with Gasteiger partial charge in [0.2, 0.25) is 11.8 Å². The Hall–Kier alpha value is -2.67. The van der Waals surface area contributed by atoms with Crippen molar-refractivity contribution in [2.75, 3.05) is 5.32 Å². The van der Waals surface area contributed by atoms with E-state index in [1.54, 1.807) is 17.0 Å². The molecule has 2 amide bonds. The first-order valence-electron chi connectivity index (χ1n) is 9.62. The van der Waals surface area contributed by atoms with Gasteiger partial charge in [-0.25, -0.2) is 9.38 Å². The van der Waals surface area contributed by atoms with Crippen LogP contribution in [0.3, 0.4) is 0 Å². The predicted molar refractivity (Wildman–Crippen MR) is 114 cm³/mol. The highest BCUT2D eigenvalue weighted by molar-refractivity contribution is 8.15. The van der Waals surface area contributed by atoms with Crippen LogP contribution >= 0.6 is 11.8 Å². The van der Waals surface area contributed by atoms with Crippen LogP contribution in [0.2, 0.25) is 0 Å². The van der Waals surface area contributed by atoms with Crippen molar-refractivity contribution < 1.29 is 14.0 Å². The van der Waals surface area contributed by atoms with E-state index in [2.05, 4.69) is 11.4 Å². The number of rotatable bonds is 5. The van der Waals surface area contributed by atoms with E-state index in [-0.39, 0.29) is 30.0 Å². The van der Waals surface area contributed by atoms with Gasteiger partial charge in [-0.2, -0.15) is 0 Å². The monoisotopic (exact) mass is 411 g/mol. The van der Waals surface area contributed by atoms with Crippen LogP contribution in [-0.2, 0) is 9.59 Å². The molecule has 1 heterocycles. The van der Waals surface area contributed by atoms with Gasteiger partial charge in [0.15, 0.2) is 5.17 Å². The minimum Gasteiger partial charge on any atom is -0.324 e. The number of carbonyl (C=O) groups is 2. The van der Waals surface area contributed by atoms with Crippen molar-refractivity contribution in [2.24, 2.45) is 4.99 Å². The molecule has 5 nitrogen and oxygen atoms in total. The Labute approximate surface area is 173 Å². The maximum absolute atomic E-state index is 13.8. The molecule has 4 rings (SSSR count). The maximum Gasteiger partial charge on any atom is 0.242 e. The topological polar surface area (TPSA) is 61.8 Å². The number of amides is 2. The minimum absolute atomic E-state index is 0.0209. The van der Waals surface area contributed by atoms with Gasteiger partial charge in [0.1, 0.15) is 11.1 Å². The van der Waals surface area contributed by atoms with Gasteiger partial charge in [-0.05, 0) is 62.1 Å². The van der Waals surface area contributed by atoms with Crippen LogP contribution in [0.15, 0.2) is 47.5 Å². The largest absolute Gasteiger partial charge is 0.324 e. The van der Waals surface area contributed by atoms with Crippen LogP contribution in [-0.4, -0.2) is 33.2 Å². The quantitative estimate of drug-likeness (QED) is 0.784. The van der Waals surface area contributed by atoms with E-state index < -0.39 is 11.1 Å². The van der Waals surface area contributed by atoms with Crippen LogP contribution in [0.5, 0.6) is 0 Å². The Morgan fingerprint density at radius 3 is 2.55 bits per heavy atom. The van der Waals surface area contributed by atoms with E-state index >= 15 is 0 Å². The fourth-order valence-corrected chi connectivity index (χ4v) is 4.63. The van der Waals surface area contributed by atoms with E-state index in [0.717, 1.165) is 29.7 Å². The molecule has 2 aromatic carbocycles. The number of amidine groups is 1. The first kappa shape index (κ1) is 19.6. The molecule has 1 aliphatic heterocycles. The fraction of sp³-hybridized carbons (Fsp3) is 0.318. The number of aliphatic imine (C=N–C) groups is 1. The van der Waals surface area contributed by atoms with Crippen molar-refractivity contribution in [3.05, 3.63) is 59.4 Å². The van der Waals surface area contributed by atoms with Crippen LogP contribution < -0.4 is 5.32 Å². The Balaban J connectivity index is 1.52. The van der Waals surface area contributed by atoms with E-state index in [0.29, 0.717) is 5.17 Å². The number of hydrogen-bond acceptors (Lipinski definition) is 4. The molecule has 150 valence electrons. The summed E-state index contributed by atoms with van der Waals surface area (Å²) in [6, 6.07) is 12.2. The minimum atomic E-state index is -0.549. The molecular weight excluding hydrogens is 389 g/mol. The smallest absolute Gasteiger partial charge is 0.242 e. The van der Waals surface area contributed by atoms with Crippen molar-refractivity contribution in [3.8, 4) is 0 Å². The normalized spacial score (nSPS) is 20.4. The second kappa shape index (κ2) is 7.99. The molecule has 1 atom stereocenters. The molecule has 1 saturated heterocycles. The summed E-state index contributed by atoms with van der Waals surface area (Å²) < 4.78 is 13.8. The van der Waals surface area contributed by atoms with Gasteiger partial charge in [0.25, 0.3) is 0 Å². The maximum atomic E-state index is 13.8. The van der Waals surface area contributed by atoms with Crippen LogP contribution in [0.1, 0.15) is 30.4 Å². The summed E-state index contributed by atoms with van der Waals surface area (Å²) >= 11 is 1.32. The van der Waals surface area contributed by atoms with Gasteiger partial charge in [0, 0.05) is 12.5 Å². The van der Waals surface area contributed by atoms with Gasteiger partial charge in [-0.1, -0.05) is 30.0 Å². The lowest BCUT2D eigenvalue weighted by molar-refractivity contribution is -0.128. The second-order valence-corrected chi connectivity index (χ2v) is 8.69. The lowest BCUT2D eigenvalue weighted by Crippen LogP contribution is -2.35. The molecule has 0 spiro atoms. The number of thioether (sulfide) groups is 1. The number of anilines is 1. The third-order valence-corrected chi connectivity index (χ3v) is 5.98. The Kier molecular flexibility index (Phi) is 5.41. The zero-order chi connectivity index (χ0) is 20.5. The molecule has 0 aromatic heterocycles. The molecule has 1 saturated carbocycles. The standard InChI is InChI=1S/C22H22FN3O2S/c1-13-9-14(2)11-15(10-13)24-22-26(16-7-8-16)21(28)19(29-22)12-20(27)25-18-6-4-3-5-17(18)23/h3-6,9-11,16,19H,7-8,12H2,1-2H3,(H,25,27). The molecule has 1 unspecified atom stereocenters. The molecule has 0 radical (unpaired) electrons. The van der Waals surface area contributed by atoms with E-state index in [4.69, 9.17) is 4.99 Å². The molecular formula is C22H22FN3O2S. The number of para-hydroxylation sites is 1. The summed E-state index contributed by atoms with van der Waals surface area (Å²) in [6.45, 7) is 4.02. The van der Waals surface area contributed by atoms with E-state index in [1.807, 2.05) is 26.0 Å². The van der Waals surface area contributed by atoms with E-state index in [1.165, 1.54) is 23.9 Å². The van der Waals surface area contributed by atoms with Crippen molar-refractivity contribution in [1.29, 1.82) is 0 Å². The third-order valence-electron chi connectivity index (χ3n) is 4.83. The van der Waals surface area contributed by atoms with Gasteiger partial charge < -0.3 is 5.32 Å². The first-order valence-corrected chi connectivity index (χ1v) is 10.5. The molecule has 2 fully saturated rings. The summed E-state index contributed by atoms with van der Waals surface area (Å²) in [5, 5.41) is 2.65. The van der Waals surface area contributed by atoms with Gasteiger partial charge >= 0.3 is 0 Å². The third kappa shape index (κ3) is 4.50. The average molecular weight is 412 g/mol. The highest BCUT2D eigenvalue weighted by Gasteiger charge is 2.46. The molecule has 7 heteroatoms. The molecule has 0 bridgehead atoms. The van der Waals surface area contributed by atoms with Crippen molar-refractivity contribution in [2.45, 2.75) is 44.4 Å². The molecule has 29 heavy (non-hydrogen) atoms. The molecule has 2 aliphatic rings. The van der Waals surface area contributed by atoms with Gasteiger partial charge in [-0.3, -0.25) is 14.5 Å². The summed E-state index contributed by atoms with van der Waals surface area (Å²) in [5.41, 5.74) is 3.14. The highest BCUT2D eigenvalue weighted by atomic mass is 32.2. The number of nitrogens with zero attached hydrogens (tertiary/aromatic N) is 2. The van der Waals surface area contributed by atoms with Crippen LogP contribution in [0.4, 0.5) is 15.8 Å². The lowest BCUT2D eigenvalue weighted by Gasteiger charge is -2.15. The van der Waals surface area contributed by atoms with Crippen molar-refractivity contribution in [1.82, 2.24) is 4.90 Å². The second-order valence-electron chi connectivity index (χ2n) is 7.52. The van der Waals surface area contributed by atoms with Crippen molar-refractivity contribution in [3.63, 3.8) is 0 Å². The van der Waals surface area contributed by atoms with Gasteiger partial charge in [0.05, 0.1) is 11.4 Å². The number of hydrogen-bond donors (Lipinski definition) is 1. The lowest BCUT2D eigenvalue weighted by atomic mass is 10.1.